The first-order chi connectivity index (χ1) is 9.32. The van der Waals surface area contributed by atoms with E-state index in [-0.39, 0.29) is 6.42 Å². The van der Waals surface area contributed by atoms with Crippen molar-refractivity contribution in [2.24, 2.45) is 5.73 Å². The summed E-state index contributed by atoms with van der Waals surface area (Å²) >= 11 is 1.30. The summed E-state index contributed by atoms with van der Waals surface area (Å²) < 4.78 is 66.1. The summed E-state index contributed by atoms with van der Waals surface area (Å²) in [6.45, 7) is 1.72. The summed E-state index contributed by atoms with van der Waals surface area (Å²) in [5.41, 5.74) is 4.97. The molecule has 2 N–H and O–H groups in total. The maximum Gasteiger partial charge on any atom is 0.200 e. The number of rotatable bonds is 3. The number of nitrogens with two attached hydrogens (primary N) is 1. The van der Waals surface area contributed by atoms with E-state index in [4.69, 9.17) is 5.73 Å². The molecule has 2 aromatic rings. The Morgan fingerprint density at radius 3 is 2.00 bits per heavy atom. The second kappa shape index (κ2) is 5.45. The molecular formula is C12H9F5N2S. The molecule has 0 aliphatic rings. The number of nitrogens with zero attached hydrogens (tertiary/aromatic N) is 1. The van der Waals surface area contributed by atoms with E-state index in [1.807, 2.05) is 0 Å². The van der Waals surface area contributed by atoms with E-state index < -0.39 is 40.7 Å². The van der Waals surface area contributed by atoms with E-state index in [1.165, 1.54) is 11.3 Å². The molecule has 0 aliphatic carbocycles. The lowest BCUT2D eigenvalue weighted by Gasteiger charge is -2.14. The van der Waals surface area contributed by atoms with Gasteiger partial charge in [0, 0.05) is 23.4 Å². The number of benzene rings is 1. The first-order valence-electron chi connectivity index (χ1n) is 5.50. The van der Waals surface area contributed by atoms with Gasteiger partial charge < -0.3 is 5.73 Å². The molecule has 1 heterocycles. The van der Waals surface area contributed by atoms with Crippen LogP contribution in [0.15, 0.2) is 5.38 Å². The lowest BCUT2D eigenvalue weighted by Crippen LogP contribution is -2.20. The van der Waals surface area contributed by atoms with Crippen LogP contribution in [0.2, 0.25) is 0 Å². The van der Waals surface area contributed by atoms with Crippen LogP contribution < -0.4 is 5.73 Å². The van der Waals surface area contributed by atoms with Crippen molar-refractivity contribution in [2.45, 2.75) is 19.4 Å². The van der Waals surface area contributed by atoms with Crippen molar-refractivity contribution in [3.63, 3.8) is 0 Å². The van der Waals surface area contributed by atoms with Crippen LogP contribution in [0.5, 0.6) is 0 Å². The van der Waals surface area contributed by atoms with Crippen molar-refractivity contribution in [3.05, 3.63) is 50.7 Å². The number of hydrogen-bond acceptors (Lipinski definition) is 3. The van der Waals surface area contributed by atoms with E-state index in [0.717, 1.165) is 0 Å². The molecule has 0 aliphatic heterocycles. The first-order valence-corrected chi connectivity index (χ1v) is 6.38. The number of hydrogen-bond donors (Lipinski definition) is 1. The second-order valence-corrected chi connectivity index (χ2v) is 5.21. The molecule has 1 aromatic heterocycles. The Morgan fingerprint density at radius 2 is 1.55 bits per heavy atom. The molecular weight excluding hydrogens is 299 g/mol. The highest BCUT2D eigenvalue weighted by atomic mass is 32.1. The quantitative estimate of drug-likeness (QED) is 0.536. The minimum absolute atomic E-state index is 0.122. The van der Waals surface area contributed by atoms with Crippen molar-refractivity contribution in [1.82, 2.24) is 4.98 Å². The summed E-state index contributed by atoms with van der Waals surface area (Å²) in [4.78, 5) is 4.03. The average Bonchev–Trinajstić information content (AvgIpc) is 2.79. The van der Waals surface area contributed by atoms with Crippen LogP contribution in [0.25, 0.3) is 0 Å². The Hall–Kier alpha value is -1.54. The molecule has 1 atom stereocenters. The lowest BCUT2D eigenvalue weighted by atomic mass is 10.0. The topological polar surface area (TPSA) is 38.9 Å². The Balaban J connectivity index is 2.42. The van der Waals surface area contributed by atoms with Gasteiger partial charge in [0.1, 0.15) is 0 Å². The summed E-state index contributed by atoms with van der Waals surface area (Å²) in [5.74, 6) is -9.99. The molecule has 0 saturated heterocycles. The SMILES string of the molecule is Cc1nc(CC(N)c2c(F)c(F)c(F)c(F)c2F)cs1. The van der Waals surface area contributed by atoms with Crippen LogP contribution in [0.3, 0.4) is 0 Å². The fourth-order valence-electron chi connectivity index (χ4n) is 1.78. The fraction of sp³-hybridized carbons (Fsp3) is 0.250. The number of halogens is 5. The Kier molecular flexibility index (Phi) is 4.05. The molecule has 2 rings (SSSR count). The largest absolute Gasteiger partial charge is 0.323 e. The van der Waals surface area contributed by atoms with Gasteiger partial charge in [-0.3, -0.25) is 0 Å². The molecule has 0 fully saturated rings. The maximum atomic E-state index is 13.5. The number of aryl methyl sites for hydroxylation is 1. The van der Waals surface area contributed by atoms with Crippen molar-refractivity contribution >= 4 is 11.3 Å². The van der Waals surface area contributed by atoms with E-state index >= 15 is 0 Å². The van der Waals surface area contributed by atoms with Gasteiger partial charge in [0.2, 0.25) is 5.82 Å². The molecule has 0 spiro atoms. The molecule has 0 saturated carbocycles. The van der Waals surface area contributed by atoms with Crippen molar-refractivity contribution in [3.8, 4) is 0 Å². The normalized spacial score (nSPS) is 12.8. The average molecular weight is 308 g/mol. The minimum Gasteiger partial charge on any atom is -0.323 e. The van der Waals surface area contributed by atoms with Gasteiger partial charge in [0.15, 0.2) is 23.3 Å². The van der Waals surface area contributed by atoms with Crippen molar-refractivity contribution < 1.29 is 22.0 Å². The van der Waals surface area contributed by atoms with Gasteiger partial charge in [-0.2, -0.15) is 0 Å². The van der Waals surface area contributed by atoms with Crippen LogP contribution in [0.1, 0.15) is 22.3 Å². The standard InChI is InChI=1S/C12H9F5N2S/c1-4-19-5(3-20-4)2-6(18)7-8(13)10(15)12(17)11(16)9(7)14/h3,6H,2,18H2,1H3. The van der Waals surface area contributed by atoms with Crippen molar-refractivity contribution in [1.29, 1.82) is 0 Å². The summed E-state index contributed by atoms with van der Waals surface area (Å²) in [7, 11) is 0. The zero-order valence-corrected chi connectivity index (χ0v) is 11.0. The smallest absolute Gasteiger partial charge is 0.200 e. The molecule has 108 valence electrons. The molecule has 1 aromatic carbocycles. The van der Waals surface area contributed by atoms with Gasteiger partial charge in [0.25, 0.3) is 0 Å². The molecule has 1 unspecified atom stereocenters. The van der Waals surface area contributed by atoms with E-state index in [0.29, 0.717) is 10.7 Å². The lowest BCUT2D eigenvalue weighted by molar-refractivity contribution is 0.363. The van der Waals surface area contributed by atoms with Crippen LogP contribution in [-0.2, 0) is 6.42 Å². The zero-order chi connectivity index (χ0) is 15.0. The Bertz CT molecular complexity index is 627. The number of thiazole rings is 1. The van der Waals surface area contributed by atoms with Crippen LogP contribution >= 0.6 is 11.3 Å². The van der Waals surface area contributed by atoms with E-state index in [1.54, 1.807) is 12.3 Å². The monoisotopic (exact) mass is 308 g/mol. The Morgan fingerprint density at radius 1 is 1.05 bits per heavy atom. The molecule has 0 radical (unpaired) electrons. The first kappa shape index (κ1) is 14.9. The Labute approximate surface area is 115 Å². The van der Waals surface area contributed by atoms with Gasteiger partial charge in [-0.1, -0.05) is 0 Å². The number of aromatic nitrogens is 1. The third kappa shape index (κ3) is 2.53. The maximum absolute atomic E-state index is 13.5. The van der Waals surface area contributed by atoms with E-state index in [2.05, 4.69) is 4.98 Å². The highest BCUT2D eigenvalue weighted by Crippen LogP contribution is 2.28. The third-order valence-corrected chi connectivity index (χ3v) is 3.53. The molecule has 0 bridgehead atoms. The van der Waals surface area contributed by atoms with Crippen LogP contribution in [0, 0.1) is 36.0 Å². The zero-order valence-electron chi connectivity index (χ0n) is 10.2. The molecule has 20 heavy (non-hydrogen) atoms. The minimum atomic E-state index is -2.19. The summed E-state index contributed by atoms with van der Waals surface area (Å²) in [6, 6.07) is -1.37. The molecule has 0 amide bonds. The van der Waals surface area contributed by atoms with E-state index in [9.17, 15) is 22.0 Å². The predicted octanol–water partition coefficient (Wildman–Crippen LogP) is 3.39. The fourth-order valence-corrected chi connectivity index (χ4v) is 2.40. The van der Waals surface area contributed by atoms with Crippen LogP contribution in [-0.4, -0.2) is 4.98 Å². The second-order valence-electron chi connectivity index (χ2n) is 4.15. The van der Waals surface area contributed by atoms with Gasteiger partial charge in [-0.05, 0) is 6.92 Å². The van der Waals surface area contributed by atoms with Crippen molar-refractivity contribution in [2.75, 3.05) is 0 Å². The van der Waals surface area contributed by atoms with Gasteiger partial charge in [0.05, 0.1) is 10.7 Å². The van der Waals surface area contributed by atoms with Crippen LogP contribution in [0.4, 0.5) is 22.0 Å². The van der Waals surface area contributed by atoms with Gasteiger partial charge >= 0.3 is 0 Å². The van der Waals surface area contributed by atoms with Gasteiger partial charge in [-0.15, -0.1) is 11.3 Å². The third-order valence-electron chi connectivity index (χ3n) is 2.71. The van der Waals surface area contributed by atoms with Gasteiger partial charge in [-0.25, -0.2) is 26.9 Å². The molecule has 2 nitrogen and oxygen atoms in total. The summed E-state index contributed by atoms with van der Waals surface area (Å²) in [6.07, 6.45) is -0.122. The predicted molar refractivity (Wildman–Crippen MR) is 63.7 cm³/mol. The highest BCUT2D eigenvalue weighted by Gasteiger charge is 2.29. The molecule has 8 heteroatoms. The highest BCUT2D eigenvalue weighted by molar-refractivity contribution is 7.09. The summed E-state index contributed by atoms with van der Waals surface area (Å²) in [5, 5.41) is 2.32.